The van der Waals surface area contributed by atoms with Crippen molar-refractivity contribution < 1.29 is 38.1 Å². The Labute approximate surface area is 205 Å². The molecule has 8 nitrogen and oxygen atoms in total. The third kappa shape index (κ3) is 6.07. The first-order valence-electron chi connectivity index (χ1n) is 11.2. The third-order valence-electron chi connectivity index (χ3n) is 5.59. The fourth-order valence-corrected chi connectivity index (χ4v) is 3.91. The summed E-state index contributed by atoms with van der Waals surface area (Å²) in [6, 6.07) is 6.53. The summed E-state index contributed by atoms with van der Waals surface area (Å²) in [5.74, 6) is -2.06. The van der Waals surface area contributed by atoms with Crippen LogP contribution in [0.15, 0.2) is 24.3 Å². The number of esters is 4. The minimum absolute atomic E-state index is 0.0170. The summed E-state index contributed by atoms with van der Waals surface area (Å²) in [5, 5.41) is 0. The number of hydrogen-bond acceptors (Lipinski definition) is 8. The Balaban J connectivity index is 2.88. The van der Waals surface area contributed by atoms with E-state index in [-0.39, 0.29) is 40.5 Å². The molecular formula is C27H32O8. The highest BCUT2D eigenvalue weighted by molar-refractivity contribution is 6.07. The van der Waals surface area contributed by atoms with Gasteiger partial charge in [-0.25, -0.2) is 14.4 Å². The fraction of sp³-hybridized carbons (Fsp3) is 0.407. The second kappa shape index (κ2) is 11.6. The largest absolute Gasteiger partial charge is 0.465 e. The molecule has 0 atom stereocenters. The van der Waals surface area contributed by atoms with E-state index in [0.29, 0.717) is 5.75 Å². The van der Waals surface area contributed by atoms with E-state index in [0.717, 1.165) is 16.7 Å². The van der Waals surface area contributed by atoms with Gasteiger partial charge in [-0.15, -0.1) is 0 Å². The molecule has 0 aliphatic heterocycles. The number of methoxy groups -OCH3 is 3. The van der Waals surface area contributed by atoms with Gasteiger partial charge in [0.2, 0.25) is 0 Å². The Kier molecular flexibility index (Phi) is 9.17. The number of carbonyl (C=O) groups is 4. The van der Waals surface area contributed by atoms with Crippen molar-refractivity contribution in [1.29, 1.82) is 0 Å². The summed E-state index contributed by atoms with van der Waals surface area (Å²) in [5.41, 5.74) is 2.69. The molecule has 0 bridgehead atoms. The molecule has 8 heteroatoms. The predicted molar refractivity (Wildman–Crippen MR) is 129 cm³/mol. The van der Waals surface area contributed by atoms with E-state index in [1.807, 2.05) is 39.8 Å². The molecule has 0 saturated heterocycles. The molecule has 0 N–H and O–H groups in total. The average molecular weight is 485 g/mol. The van der Waals surface area contributed by atoms with Crippen molar-refractivity contribution in [2.75, 3.05) is 21.3 Å². The highest BCUT2D eigenvalue weighted by atomic mass is 16.5. The van der Waals surface area contributed by atoms with Crippen molar-refractivity contribution in [2.24, 2.45) is 0 Å². The standard InChI is InChI=1S/C27H32O8/c1-14(2)20-11-17(12-21(15(3)4)24(20)35-16(5)28)13-22-18(25(29)32-6)9-10-19(26(30)33-7)23(22)27(31)34-8/h9-12,14-15H,13H2,1-8H3. The van der Waals surface area contributed by atoms with E-state index < -0.39 is 23.9 Å². The topological polar surface area (TPSA) is 105 Å². The van der Waals surface area contributed by atoms with Gasteiger partial charge in [-0.05, 0) is 52.6 Å². The molecule has 0 radical (unpaired) electrons. The van der Waals surface area contributed by atoms with E-state index in [1.165, 1.54) is 40.4 Å². The van der Waals surface area contributed by atoms with Crippen LogP contribution in [0, 0.1) is 0 Å². The maximum atomic E-state index is 12.8. The molecule has 0 saturated carbocycles. The minimum Gasteiger partial charge on any atom is -0.465 e. The van der Waals surface area contributed by atoms with E-state index in [1.54, 1.807) is 0 Å². The highest BCUT2D eigenvalue weighted by Gasteiger charge is 2.28. The molecule has 0 heterocycles. The molecule has 0 fully saturated rings. The van der Waals surface area contributed by atoms with Crippen LogP contribution in [0.25, 0.3) is 0 Å². The summed E-state index contributed by atoms with van der Waals surface area (Å²) in [7, 11) is 3.63. The van der Waals surface area contributed by atoms with Crippen LogP contribution >= 0.6 is 0 Å². The monoisotopic (exact) mass is 484 g/mol. The Bertz CT molecular complexity index is 1120. The van der Waals surface area contributed by atoms with E-state index >= 15 is 0 Å². The van der Waals surface area contributed by atoms with Gasteiger partial charge < -0.3 is 18.9 Å². The molecule has 0 aliphatic rings. The van der Waals surface area contributed by atoms with Crippen LogP contribution in [0.2, 0.25) is 0 Å². The molecule has 0 amide bonds. The molecule has 35 heavy (non-hydrogen) atoms. The van der Waals surface area contributed by atoms with Gasteiger partial charge in [0.15, 0.2) is 0 Å². The fourth-order valence-electron chi connectivity index (χ4n) is 3.91. The molecule has 0 aromatic heterocycles. The summed E-state index contributed by atoms with van der Waals surface area (Å²) in [4.78, 5) is 49.7. The lowest BCUT2D eigenvalue weighted by Crippen LogP contribution is -2.19. The molecule has 2 rings (SSSR count). The SMILES string of the molecule is COC(=O)c1ccc(C(=O)OC)c(C(=O)OC)c1Cc1cc(C(C)C)c(OC(C)=O)c(C(C)C)c1. The highest BCUT2D eigenvalue weighted by Crippen LogP contribution is 2.37. The first-order chi connectivity index (χ1) is 16.5. The molecule has 2 aromatic rings. The normalized spacial score (nSPS) is 10.8. The van der Waals surface area contributed by atoms with Crippen LogP contribution in [0.1, 0.15) is 99.8 Å². The van der Waals surface area contributed by atoms with Crippen molar-refractivity contribution in [2.45, 2.75) is 52.9 Å². The van der Waals surface area contributed by atoms with Gasteiger partial charge in [0.25, 0.3) is 0 Å². The maximum absolute atomic E-state index is 12.8. The second-order valence-electron chi connectivity index (χ2n) is 8.67. The second-order valence-corrected chi connectivity index (χ2v) is 8.67. The minimum atomic E-state index is -0.782. The summed E-state index contributed by atoms with van der Waals surface area (Å²) < 4.78 is 20.3. The number of carbonyl (C=O) groups excluding carboxylic acids is 4. The van der Waals surface area contributed by atoms with Gasteiger partial charge in [-0.2, -0.15) is 0 Å². The smallest absolute Gasteiger partial charge is 0.339 e. The van der Waals surface area contributed by atoms with Crippen LogP contribution in [0.3, 0.4) is 0 Å². The maximum Gasteiger partial charge on any atom is 0.339 e. The Morgan fingerprint density at radius 1 is 0.743 bits per heavy atom. The molecule has 188 valence electrons. The number of benzene rings is 2. The van der Waals surface area contributed by atoms with Gasteiger partial charge in [-0.1, -0.05) is 39.8 Å². The van der Waals surface area contributed by atoms with Crippen LogP contribution in [0.4, 0.5) is 0 Å². The van der Waals surface area contributed by atoms with Crippen molar-refractivity contribution in [3.63, 3.8) is 0 Å². The van der Waals surface area contributed by atoms with Gasteiger partial charge in [-0.3, -0.25) is 4.79 Å². The average Bonchev–Trinajstić information content (AvgIpc) is 2.82. The number of hydrogen-bond donors (Lipinski definition) is 0. The molecular weight excluding hydrogens is 452 g/mol. The zero-order valence-corrected chi connectivity index (χ0v) is 21.4. The first kappa shape index (κ1) is 27.6. The molecule has 2 aromatic carbocycles. The summed E-state index contributed by atoms with van der Waals surface area (Å²) >= 11 is 0. The first-order valence-corrected chi connectivity index (χ1v) is 11.2. The third-order valence-corrected chi connectivity index (χ3v) is 5.59. The molecule has 0 unspecified atom stereocenters. The molecule has 0 aliphatic carbocycles. The number of rotatable bonds is 8. The van der Waals surface area contributed by atoms with Crippen LogP contribution in [-0.2, 0) is 25.4 Å². The summed E-state index contributed by atoms with van der Waals surface area (Å²) in [6.07, 6.45) is 0.111. The van der Waals surface area contributed by atoms with Crippen molar-refractivity contribution in [3.05, 3.63) is 63.2 Å². The van der Waals surface area contributed by atoms with Gasteiger partial charge in [0, 0.05) is 6.92 Å². The van der Waals surface area contributed by atoms with Crippen LogP contribution < -0.4 is 4.74 Å². The van der Waals surface area contributed by atoms with Gasteiger partial charge >= 0.3 is 23.9 Å². The van der Waals surface area contributed by atoms with Crippen molar-refractivity contribution in [1.82, 2.24) is 0 Å². The van der Waals surface area contributed by atoms with E-state index in [4.69, 9.17) is 18.9 Å². The summed E-state index contributed by atoms with van der Waals surface area (Å²) in [6.45, 7) is 9.27. The Morgan fingerprint density at radius 2 is 1.20 bits per heavy atom. The lowest BCUT2D eigenvalue weighted by molar-refractivity contribution is -0.132. The van der Waals surface area contributed by atoms with Crippen molar-refractivity contribution in [3.8, 4) is 5.75 Å². The van der Waals surface area contributed by atoms with Gasteiger partial charge in [0.1, 0.15) is 5.75 Å². The molecule has 0 spiro atoms. The zero-order valence-electron chi connectivity index (χ0n) is 21.4. The van der Waals surface area contributed by atoms with Crippen LogP contribution in [-0.4, -0.2) is 45.2 Å². The van der Waals surface area contributed by atoms with Crippen molar-refractivity contribution >= 4 is 23.9 Å². The van der Waals surface area contributed by atoms with Gasteiger partial charge in [0.05, 0.1) is 38.0 Å². The Hall–Kier alpha value is -3.68. The quantitative estimate of drug-likeness (QED) is 0.299. The predicted octanol–water partition coefficient (Wildman–Crippen LogP) is 4.81. The Morgan fingerprint density at radius 3 is 1.63 bits per heavy atom. The van der Waals surface area contributed by atoms with E-state index in [2.05, 4.69) is 0 Å². The van der Waals surface area contributed by atoms with Crippen LogP contribution in [0.5, 0.6) is 5.75 Å². The van der Waals surface area contributed by atoms with E-state index in [9.17, 15) is 19.2 Å². The lowest BCUT2D eigenvalue weighted by Gasteiger charge is -2.21. The lowest BCUT2D eigenvalue weighted by atomic mass is 9.86. The number of ether oxygens (including phenoxy) is 4. The zero-order chi connectivity index (χ0) is 26.4.